The van der Waals surface area contributed by atoms with Crippen molar-refractivity contribution in [3.63, 3.8) is 0 Å². The number of aromatic nitrogens is 1. The van der Waals surface area contributed by atoms with Crippen molar-refractivity contribution in [3.05, 3.63) is 23.4 Å². The van der Waals surface area contributed by atoms with Gasteiger partial charge < -0.3 is 9.80 Å². The first-order valence-electron chi connectivity index (χ1n) is 6.89. The zero-order valence-corrected chi connectivity index (χ0v) is 13.2. The van der Waals surface area contributed by atoms with Crippen LogP contribution in [0.3, 0.4) is 0 Å². The second kappa shape index (κ2) is 5.68. The molecule has 0 amide bonds. The van der Waals surface area contributed by atoms with Crippen LogP contribution in [0.1, 0.15) is 30.5 Å². The molecule has 1 fully saturated rings. The van der Waals surface area contributed by atoms with Crippen LogP contribution in [0.2, 0.25) is 0 Å². The quantitative estimate of drug-likeness (QED) is 0.774. The Balaban J connectivity index is 2.15. The third-order valence-electron chi connectivity index (χ3n) is 4.31. The number of pyridine rings is 1. The Bertz CT molecular complexity index is 441. The number of hydrogen-bond acceptors (Lipinski definition) is 3. The lowest BCUT2D eigenvalue weighted by Crippen LogP contribution is -2.56. The molecule has 1 aliphatic rings. The summed E-state index contributed by atoms with van der Waals surface area (Å²) < 4.78 is 0. The average Bonchev–Trinajstić information content (AvgIpc) is 2.32. The summed E-state index contributed by atoms with van der Waals surface area (Å²) in [7, 11) is 6.49. The van der Waals surface area contributed by atoms with Gasteiger partial charge in [0.1, 0.15) is 5.82 Å². The minimum absolute atomic E-state index is 0.321. The minimum atomic E-state index is 0.321. The highest BCUT2D eigenvalue weighted by atomic mass is 35.5. The van der Waals surface area contributed by atoms with Gasteiger partial charge in [0.05, 0.1) is 0 Å². The van der Waals surface area contributed by atoms with Crippen molar-refractivity contribution >= 4 is 17.4 Å². The highest BCUT2D eigenvalue weighted by Crippen LogP contribution is 2.37. The number of halogens is 1. The summed E-state index contributed by atoms with van der Waals surface area (Å²) in [6, 6.07) is 4.15. The molecule has 0 spiro atoms. The molecule has 0 aromatic carbocycles. The number of hydrogen-bond donors (Lipinski definition) is 0. The van der Waals surface area contributed by atoms with E-state index in [1.807, 2.05) is 6.92 Å². The smallest absolute Gasteiger partial charge is 0.128 e. The summed E-state index contributed by atoms with van der Waals surface area (Å²) in [5.74, 6) is 1.58. The van der Waals surface area contributed by atoms with E-state index in [4.69, 9.17) is 11.6 Å². The second-order valence-corrected chi connectivity index (χ2v) is 6.20. The average molecular weight is 282 g/mol. The summed E-state index contributed by atoms with van der Waals surface area (Å²) >= 11 is 5.94. The fourth-order valence-corrected chi connectivity index (χ4v) is 3.00. The lowest BCUT2D eigenvalue weighted by atomic mass is 9.75. The van der Waals surface area contributed by atoms with Crippen molar-refractivity contribution in [3.8, 4) is 0 Å². The summed E-state index contributed by atoms with van der Waals surface area (Å²) in [4.78, 5) is 9.26. The molecule has 0 bridgehead atoms. The zero-order valence-electron chi connectivity index (χ0n) is 12.4. The molecular weight excluding hydrogens is 258 g/mol. The van der Waals surface area contributed by atoms with Crippen LogP contribution in [0.5, 0.6) is 0 Å². The Morgan fingerprint density at radius 3 is 2.42 bits per heavy atom. The molecule has 0 aliphatic heterocycles. The molecule has 0 unspecified atom stereocenters. The molecule has 0 saturated heterocycles. The van der Waals surface area contributed by atoms with Crippen LogP contribution in [-0.4, -0.2) is 43.1 Å². The Morgan fingerprint density at radius 2 is 1.95 bits per heavy atom. The number of alkyl halides is 1. The van der Waals surface area contributed by atoms with Crippen molar-refractivity contribution < 1.29 is 0 Å². The molecule has 106 valence electrons. The van der Waals surface area contributed by atoms with Gasteiger partial charge in [0, 0.05) is 30.7 Å². The van der Waals surface area contributed by atoms with Gasteiger partial charge in [-0.25, -0.2) is 4.98 Å². The lowest BCUT2D eigenvalue weighted by Gasteiger charge is -2.49. The molecule has 1 saturated carbocycles. The van der Waals surface area contributed by atoms with E-state index in [2.05, 4.69) is 48.1 Å². The maximum absolute atomic E-state index is 5.94. The van der Waals surface area contributed by atoms with E-state index in [-0.39, 0.29) is 0 Å². The molecular formula is C15H24ClN3. The number of likely N-dealkylation sites (N-methyl/N-ethyl adjacent to an activating group) is 2. The summed E-state index contributed by atoms with van der Waals surface area (Å²) in [5, 5.41) is 0. The van der Waals surface area contributed by atoms with E-state index in [1.54, 1.807) is 0 Å². The fourth-order valence-electron chi connectivity index (χ4n) is 2.85. The molecule has 0 N–H and O–H groups in total. The Morgan fingerprint density at radius 1 is 1.26 bits per heavy atom. The normalized spacial score (nSPS) is 17.4. The summed E-state index contributed by atoms with van der Waals surface area (Å²) in [6.45, 7) is 3.05. The van der Waals surface area contributed by atoms with E-state index >= 15 is 0 Å². The maximum Gasteiger partial charge on any atom is 0.128 e. The van der Waals surface area contributed by atoms with E-state index in [0.29, 0.717) is 11.4 Å². The van der Waals surface area contributed by atoms with Gasteiger partial charge in [-0.15, -0.1) is 11.6 Å². The molecule has 2 rings (SSSR count). The first-order valence-corrected chi connectivity index (χ1v) is 7.42. The van der Waals surface area contributed by atoms with E-state index in [1.165, 1.54) is 19.3 Å². The van der Waals surface area contributed by atoms with Crippen molar-refractivity contribution in [1.29, 1.82) is 0 Å². The van der Waals surface area contributed by atoms with Gasteiger partial charge in [-0.1, -0.05) is 0 Å². The molecule has 0 atom stereocenters. The van der Waals surface area contributed by atoms with Crippen LogP contribution in [0.25, 0.3) is 0 Å². The Labute approximate surface area is 121 Å². The predicted molar refractivity (Wildman–Crippen MR) is 82.1 cm³/mol. The minimum Gasteiger partial charge on any atom is -0.358 e. The Hall–Kier alpha value is -0.800. The fraction of sp³-hybridized carbons (Fsp3) is 0.667. The molecule has 0 radical (unpaired) electrons. The third kappa shape index (κ3) is 3.03. The number of nitrogens with zero attached hydrogens (tertiary/aromatic N) is 3. The number of anilines is 1. The summed E-state index contributed by atoms with van der Waals surface area (Å²) in [5.41, 5.74) is 2.50. The lowest BCUT2D eigenvalue weighted by molar-refractivity contribution is 0.0682. The van der Waals surface area contributed by atoms with Gasteiger partial charge in [0.2, 0.25) is 0 Å². The number of rotatable bonds is 5. The van der Waals surface area contributed by atoms with Crippen LogP contribution in [-0.2, 0) is 5.88 Å². The molecule has 1 aromatic heterocycles. The van der Waals surface area contributed by atoms with Crippen LogP contribution in [0.15, 0.2) is 12.1 Å². The molecule has 1 aromatic rings. The van der Waals surface area contributed by atoms with Crippen LogP contribution in [0, 0.1) is 6.92 Å². The molecule has 1 heterocycles. The van der Waals surface area contributed by atoms with Crippen LogP contribution >= 0.6 is 11.6 Å². The van der Waals surface area contributed by atoms with E-state index in [0.717, 1.165) is 23.6 Å². The standard InChI is InChI=1S/C15H24ClN3/c1-12-8-13(10-16)9-14(17-12)19(4)11-15(18(2)3)6-5-7-15/h8-9H,5-7,10-11H2,1-4H3. The van der Waals surface area contributed by atoms with Crippen LogP contribution < -0.4 is 4.90 Å². The third-order valence-corrected chi connectivity index (χ3v) is 4.62. The zero-order chi connectivity index (χ0) is 14.0. The van der Waals surface area contributed by atoms with Crippen molar-refractivity contribution in [2.75, 3.05) is 32.6 Å². The second-order valence-electron chi connectivity index (χ2n) is 5.94. The van der Waals surface area contributed by atoms with Gasteiger partial charge >= 0.3 is 0 Å². The van der Waals surface area contributed by atoms with Gasteiger partial charge in [0.15, 0.2) is 0 Å². The van der Waals surface area contributed by atoms with Crippen molar-refractivity contribution in [2.24, 2.45) is 0 Å². The SMILES string of the molecule is Cc1cc(CCl)cc(N(C)CC2(N(C)C)CCC2)n1. The highest BCUT2D eigenvalue weighted by Gasteiger charge is 2.40. The molecule has 3 nitrogen and oxygen atoms in total. The van der Waals surface area contributed by atoms with E-state index < -0.39 is 0 Å². The van der Waals surface area contributed by atoms with E-state index in [9.17, 15) is 0 Å². The number of aryl methyl sites for hydroxylation is 1. The van der Waals surface area contributed by atoms with Gasteiger partial charge in [-0.2, -0.15) is 0 Å². The Kier molecular flexibility index (Phi) is 4.36. The van der Waals surface area contributed by atoms with Gasteiger partial charge in [0.25, 0.3) is 0 Å². The summed E-state index contributed by atoms with van der Waals surface area (Å²) in [6.07, 6.45) is 3.89. The largest absolute Gasteiger partial charge is 0.358 e. The maximum atomic E-state index is 5.94. The van der Waals surface area contributed by atoms with Crippen molar-refractivity contribution in [1.82, 2.24) is 9.88 Å². The monoisotopic (exact) mass is 281 g/mol. The predicted octanol–water partition coefficient (Wildman–Crippen LogP) is 3.05. The van der Waals surface area contributed by atoms with Gasteiger partial charge in [-0.3, -0.25) is 0 Å². The first kappa shape index (κ1) is 14.6. The van der Waals surface area contributed by atoms with Gasteiger partial charge in [-0.05, 0) is 58.0 Å². The molecule has 4 heteroatoms. The molecule has 1 aliphatic carbocycles. The highest BCUT2D eigenvalue weighted by molar-refractivity contribution is 6.17. The van der Waals surface area contributed by atoms with Crippen molar-refractivity contribution in [2.45, 2.75) is 37.6 Å². The molecule has 19 heavy (non-hydrogen) atoms. The van der Waals surface area contributed by atoms with Crippen LogP contribution in [0.4, 0.5) is 5.82 Å². The first-order chi connectivity index (χ1) is 8.97. The topological polar surface area (TPSA) is 19.4 Å².